The number of hydrogen-bond acceptors (Lipinski definition) is 3. The standard InChI is InChI=1S/C21H15ClN4O2/c22-15-10-4-5-11-16(15)24-21(28)19-25-18(17-12-6-7-13-26(17)19)20(27)23-14-8-2-1-3-9-14/h1-13H,(H,23,27)(H,24,28). The number of benzene rings is 2. The molecule has 0 aliphatic heterocycles. The molecule has 138 valence electrons. The van der Waals surface area contributed by atoms with Crippen LogP contribution in [0.4, 0.5) is 11.4 Å². The van der Waals surface area contributed by atoms with Crippen LogP contribution < -0.4 is 10.6 Å². The number of pyridine rings is 1. The zero-order chi connectivity index (χ0) is 19.5. The summed E-state index contributed by atoms with van der Waals surface area (Å²) in [5.41, 5.74) is 1.80. The number of para-hydroxylation sites is 2. The molecular weight excluding hydrogens is 376 g/mol. The molecule has 0 unspecified atom stereocenters. The van der Waals surface area contributed by atoms with Gasteiger partial charge >= 0.3 is 0 Å². The highest BCUT2D eigenvalue weighted by Gasteiger charge is 2.22. The summed E-state index contributed by atoms with van der Waals surface area (Å²) in [6, 6.07) is 21.3. The van der Waals surface area contributed by atoms with Crippen LogP contribution in [0.25, 0.3) is 5.52 Å². The van der Waals surface area contributed by atoms with Crippen molar-refractivity contribution in [2.45, 2.75) is 0 Å². The number of amides is 2. The van der Waals surface area contributed by atoms with Crippen molar-refractivity contribution in [3.63, 3.8) is 0 Å². The van der Waals surface area contributed by atoms with Crippen molar-refractivity contribution in [3.05, 3.63) is 95.5 Å². The Bertz CT molecular complexity index is 1170. The molecule has 2 aromatic carbocycles. The monoisotopic (exact) mass is 390 g/mol. The molecule has 6 nitrogen and oxygen atoms in total. The van der Waals surface area contributed by atoms with E-state index in [1.54, 1.807) is 65.2 Å². The van der Waals surface area contributed by atoms with Gasteiger partial charge in [-0.05, 0) is 36.4 Å². The first-order chi connectivity index (χ1) is 13.6. The molecule has 4 aromatic rings. The summed E-state index contributed by atoms with van der Waals surface area (Å²) in [4.78, 5) is 29.8. The van der Waals surface area contributed by atoms with Crippen LogP contribution in [0, 0.1) is 0 Å². The summed E-state index contributed by atoms with van der Waals surface area (Å²) in [6.45, 7) is 0. The summed E-state index contributed by atoms with van der Waals surface area (Å²) >= 11 is 6.11. The molecule has 0 saturated carbocycles. The van der Waals surface area contributed by atoms with E-state index in [0.29, 0.717) is 21.9 Å². The van der Waals surface area contributed by atoms with Crippen LogP contribution in [-0.4, -0.2) is 21.2 Å². The third kappa shape index (κ3) is 3.45. The molecule has 7 heteroatoms. The number of carbonyl (C=O) groups excluding carboxylic acids is 2. The van der Waals surface area contributed by atoms with Crippen molar-refractivity contribution in [2.24, 2.45) is 0 Å². The quantitative estimate of drug-likeness (QED) is 0.539. The zero-order valence-electron chi connectivity index (χ0n) is 14.6. The topological polar surface area (TPSA) is 75.5 Å². The lowest BCUT2D eigenvalue weighted by Gasteiger charge is -2.06. The smallest absolute Gasteiger partial charge is 0.292 e. The molecule has 4 rings (SSSR count). The predicted molar refractivity (Wildman–Crippen MR) is 109 cm³/mol. The molecule has 0 saturated heterocycles. The van der Waals surface area contributed by atoms with E-state index in [2.05, 4.69) is 15.6 Å². The van der Waals surface area contributed by atoms with Crippen molar-refractivity contribution in [2.75, 3.05) is 10.6 Å². The van der Waals surface area contributed by atoms with Crippen LogP contribution in [-0.2, 0) is 0 Å². The van der Waals surface area contributed by atoms with E-state index < -0.39 is 11.8 Å². The van der Waals surface area contributed by atoms with Gasteiger partial charge in [0.25, 0.3) is 11.8 Å². The number of halogens is 1. The van der Waals surface area contributed by atoms with E-state index in [1.807, 2.05) is 18.2 Å². The summed E-state index contributed by atoms with van der Waals surface area (Å²) < 4.78 is 1.58. The van der Waals surface area contributed by atoms with Gasteiger partial charge in [0, 0.05) is 11.9 Å². The van der Waals surface area contributed by atoms with Gasteiger partial charge in [-0.15, -0.1) is 0 Å². The number of hydrogen-bond donors (Lipinski definition) is 2. The normalized spacial score (nSPS) is 10.6. The molecular formula is C21H15ClN4O2. The highest BCUT2D eigenvalue weighted by Crippen LogP contribution is 2.22. The molecule has 2 amide bonds. The van der Waals surface area contributed by atoms with Crippen LogP contribution in [0.3, 0.4) is 0 Å². The lowest BCUT2D eigenvalue weighted by molar-refractivity contribution is 0.101. The summed E-state index contributed by atoms with van der Waals surface area (Å²) in [5, 5.41) is 5.94. The number of imidazole rings is 1. The molecule has 0 spiro atoms. The fraction of sp³-hybridized carbons (Fsp3) is 0. The van der Waals surface area contributed by atoms with Crippen LogP contribution in [0.5, 0.6) is 0 Å². The molecule has 0 aliphatic rings. The molecule has 0 fully saturated rings. The minimum Gasteiger partial charge on any atom is -0.321 e. The first-order valence-corrected chi connectivity index (χ1v) is 8.90. The number of nitrogens with one attached hydrogen (secondary N) is 2. The molecule has 28 heavy (non-hydrogen) atoms. The third-order valence-electron chi connectivity index (χ3n) is 4.12. The number of carbonyl (C=O) groups is 2. The van der Waals surface area contributed by atoms with Crippen LogP contribution in [0.1, 0.15) is 21.1 Å². The Kier molecular flexibility index (Phi) is 4.78. The Morgan fingerprint density at radius 1 is 0.821 bits per heavy atom. The molecule has 0 aliphatic carbocycles. The summed E-state index contributed by atoms with van der Waals surface area (Å²) in [7, 11) is 0. The van der Waals surface area contributed by atoms with Gasteiger partial charge in [-0.3, -0.25) is 14.0 Å². The first kappa shape index (κ1) is 17.8. The number of nitrogens with zero attached hydrogens (tertiary/aromatic N) is 2. The number of fused-ring (bicyclic) bond motifs is 1. The summed E-state index contributed by atoms with van der Waals surface area (Å²) in [5.74, 6) is -0.770. The van der Waals surface area contributed by atoms with E-state index in [4.69, 9.17) is 11.6 Å². The molecule has 2 heterocycles. The van der Waals surface area contributed by atoms with Gasteiger partial charge in [-0.25, -0.2) is 4.98 Å². The lowest BCUT2D eigenvalue weighted by Crippen LogP contribution is -2.16. The van der Waals surface area contributed by atoms with E-state index in [-0.39, 0.29) is 11.5 Å². The van der Waals surface area contributed by atoms with Gasteiger partial charge in [0.05, 0.1) is 16.2 Å². The van der Waals surface area contributed by atoms with Crippen molar-refractivity contribution < 1.29 is 9.59 Å². The molecule has 2 N–H and O–H groups in total. The first-order valence-electron chi connectivity index (χ1n) is 8.53. The predicted octanol–water partition coefficient (Wildman–Crippen LogP) is 4.49. The second-order valence-corrected chi connectivity index (χ2v) is 6.40. The average molecular weight is 391 g/mol. The molecule has 2 aromatic heterocycles. The number of anilines is 2. The molecule has 0 radical (unpaired) electrons. The van der Waals surface area contributed by atoms with Gasteiger partial charge in [0.15, 0.2) is 5.69 Å². The fourth-order valence-electron chi connectivity index (χ4n) is 2.82. The van der Waals surface area contributed by atoms with Gasteiger partial charge in [0.2, 0.25) is 5.82 Å². The summed E-state index contributed by atoms with van der Waals surface area (Å²) in [6.07, 6.45) is 1.68. The van der Waals surface area contributed by atoms with E-state index in [0.717, 1.165) is 0 Å². The van der Waals surface area contributed by atoms with Crippen LogP contribution in [0.2, 0.25) is 5.02 Å². The maximum Gasteiger partial charge on any atom is 0.292 e. The molecule has 0 bridgehead atoms. The zero-order valence-corrected chi connectivity index (χ0v) is 15.4. The second-order valence-electron chi connectivity index (χ2n) is 5.99. The number of aromatic nitrogens is 2. The van der Waals surface area contributed by atoms with E-state index in [1.165, 1.54) is 0 Å². The van der Waals surface area contributed by atoms with Crippen LogP contribution >= 0.6 is 11.6 Å². The van der Waals surface area contributed by atoms with Crippen LogP contribution in [0.15, 0.2) is 79.0 Å². The van der Waals surface area contributed by atoms with E-state index in [9.17, 15) is 9.59 Å². The van der Waals surface area contributed by atoms with Crippen molar-refractivity contribution in [3.8, 4) is 0 Å². The Labute approximate surface area is 165 Å². The number of rotatable bonds is 4. The van der Waals surface area contributed by atoms with Crippen molar-refractivity contribution in [1.82, 2.24) is 9.38 Å². The highest BCUT2D eigenvalue weighted by atomic mass is 35.5. The van der Waals surface area contributed by atoms with Gasteiger partial charge in [0.1, 0.15) is 0 Å². The van der Waals surface area contributed by atoms with Gasteiger partial charge in [-0.1, -0.05) is 48.0 Å². The maximum absolute atomic E-state index is 12.8. The highest BCUT2D eigenvalue weighted by molar-refractivity contribution is 6.33. The minimum absolute atomic E-state index is 0.0914. The average Bonchev–Trinajstić information content (AvgIpc) is 3.10. The van der Waals surface area contributed by atoms with E-state index >= 15 is 0 Å². The Morgan fingerprint density at radius 3 is 2.32 bits per heavy atom. The maximum atomic E-state index is 12.8. The van der Waals surface area contributed by atoms with Gasteiger partial charge in [-0.2, -0.15) is 0 Å². The minimum atomic E-state index is -0.465. The second kappa shape index (κ2) is 7.54. The Hall–Kier alpha value is -3.64. The Morgan fingerprint density at radius 2 is 1.54 bits per heavy atom. The largest absolute Gasteiger partial charge is 0.321 e. The molecule has 0 atom stereocenters. The lowest BCUT2D eigenvalue weighted by atomic mass is 10.3. The SMILES string of the molecule is O=C(Nc1ccccc1)c1nc(C(=O)Nc2ccccc2Cl)n2ccccc12. The van der Waals surface area contributed by atoms with Crippen molar-refractivity contribution in [1.29, 1.82) is 0 Å². The Balaban J connectivity index is 1.69. The fourth-order valence-corrected chi connectivity index (χ4v) is 3.00. The third-order valence-corrected chi connectivity index (χ3v) is 4.45. The van der Waals surface area contributed by atoms with Gasteiger partial charge < -0.3 is 10.6 Å². The van der Waals surface area contributed by atoms with Crippen molar-refractivity contribution >= 4 is 40.3 Å².